The average molecular weight is 273 g/mol. The number of hydrogen-bond donors (Lipinski definition) is 1. The summed E-state index contributed by atoms with van der Waals surface area (Å²) < 4.78 is 14.4. The molecule has 1 aromatic rings. The Morgan fingerprint density at radius 1 is 1.53 bits per heavy atom. The van der Waals surface area contributed by atoms with E-state index in [1.807, 2.05) is 19.1 Å². The van der Waals surface area contributed by atoms with Gasteiger partial charge in [-0.1, -0.05) is 19.1 Å². The van der Waals surface area contributed by atoms with Crippen molar-refractivity contribution in [2.24, 2.45) is 0 Å². The Morgan fingerprint density at radius 3 is 2.87 bits per heavy atom. The van der Waals surface area contributed by atoms with E-state index in [2.05, 4.69) is 15.9 Å². The Kier molecular flexibility index (Phi) is 2.86. The van der Waals surface area contributed by atoms with Crippen molar-refractivity contribution in [2.75, 3.05) is 0 Å². The molecule has 0 saturated heterocycles. The maximum absolute atomic E-state index is 13.9. The highest BCUT2D eigenvalue weighted by molar-refractivity contribution is 9.10. The predicted octanol–water partition coefficient (Wildman–Crippen LogP) is 3.39. The summed E-state index contributed by atoms with van der Waals surface area (Å²) in [4.78, 5) is 0. The van der Waals surface area contributed by atoms with Crippen LogP contribution < -0.4 is 0 Å². The van der Waals surface area contributed by atoms with Crippen LogP contribution >= 0.6 is 15.9 Å². The average Bonchev–Trinajstić information content (AvgIpc) is 2.52. The molecule has 2 unspecified atom stereocenters. The molecule has 0 amide bonds. The second kappa shape index (κ2) is 3.87. The van der Waals surface area contributed by atoms with E-state index >= 15 is 0 Å². The highest BCUT2D eigenvalue weighted by Crippen LogP contribution is 2.42. The van der Waals surface area contributed by atoms with Gasteiger partial charge in [0.25, 0.3) is 0 Å². The Bertz CT molecular complexity index is 380. The van der Waals surface area contributed by atoms with Gasteiger partial charge in [-0.05, 0) is 52.2 Å². The molecule has 3 heteroatoms. The van der Waals surface area contributed by atoms with Crippen LogP contribution in [0.3, 0.4) is 0 Å². The third-order valence-electron chi connectivity index (χ3n) is 3.32. The molecule has 0 aliphatic heterocycles. The van der Waals surface area contributed by atoms with E-state index in [4.69, 9.17) is 0 Å². The molecule has 0 spiro atoms. The van der Waals surface area contributed by atoms with E-state index in [0.29, 0.717) is 16.5 Å². The normalized spacial score (nSPS) is 30.8. The summed E-state index contributed by atoms with van der Waals surface area (Å²) >= 11 is 3.19. The van der Waals surface area contributed by atoms with Gasteiger partial charge in [0.15, 0.2) is 0 Å². The summed E-state index contributed by atoms with van der Waals surface area (Å²) in [5.41, 5.74) is 0.501. The van der Waals surface area contributed by atoms with Gasteiger partial charge in [-0.15, -0.1) is 0 Å². The fourth-order valence-electron chi connectivity index (χ4n) is 2.42. The number of benzene rings is 1. The van der Waals surface area contributed by atoms with Gasteiger partial charge >= 0.3 is 0 Å². The molecule has 15 heavy (non-hydrogen) atoms. The number of rotatable bonds is 1. The third-order valence-corrected chi connectivity index (χ3v) is 3.93. The first-order chi connectivity index (χ1) is 7.03. The van der Waals surface area contributed by atoms with Crippen molar-refractivity contribution in [3.8, 4) is 0 Å². The maximum atomic E-state index is 13.9. The fourth-order valence-corrected chi connectivity index (χ4v) is 2.79. The molecule has 1 aliphatic carbocycles. The van der Waals surface area contributed by atoms with Crippen LogP contribution in [-0.2, 0) is 5.41 Å². The molecule has 1 N–H and O–H groups in total. The van der Waals surface area contributed by atoms with Gasteiger partial charge in [0.05, 0.1) is 10.6 Å². The van der Waals surface area contributed by atoms with E-state index < -0.39 is 0 Å². The van der Waals surface area contributed by atoms with Crippen molar-refractivity contribution in [1.29, 1.82) is 0 Å². The summed E-state index contributed by atoms with van der Waals surface area (Å²) in [6.07, 6.45) is 1.98. The van der Waals surface area contributed by atoms with Crippen LogP contribution in [0.4, 0.5) is 4.39 Å². The van der Waals surface area contributed by atoms with Crippen molar-refractivity contribution >= 4 is 15.9 Å². The highest BCUT2D eigenvalue weighted by Gasteiger charge is 2.37. The molecule has 1 saturated carbocycles. The van der Waals surface area contributed by atoms with Gasteiger partial charge < -0.3 is 5.11 Å². The van der Waals surface area contributed by atoms with Crippen LogP contribution in [0, 0.1) is 5.82 Å². The standard InChI is InChI=1S/C12H14BrFO/c1-12(6-5-8(15)7-12)9-3-2-4-10(13)11(9)14/h2-4,8,15H,5-7H2,1H3. The summed E-state index contributed by atoms with van der Waals surface area (Å²) in [5, 5.41) is 9.55. The zero-order valence-electron chi connectivity index (χ0n) is 8.63. The molecular formula is C12H14BrFO. The maximum Gasteiger partial charge on any atom is 0.141 e. The predicted molar refractivity (Wildman–Crippen MR) is 61.3 cm³/mol. The van der Waals surface area contributed by atoms with Crippen molar-refractivity contribution in [3.05, 3.63) is 34.1 Å². The van der Waals surface area contributed by atoms with Crippen molar-refractivity contribution < 1.29 is 9.50 Å². The van der Waals surface area contributed by atoms with Crippen molar-refractivity contribution in [2.45, 2.75) is 37.7 Å². The van der Waals surface area contributed by atoms with Crippen molar-refractivity contribution in [3.63, 3.8) is 0 Å². The molecule has 1 fully saturated rings. The molecular weight excluding hydrogens is 259 g/mol. The van der Waals surface area contributed by atoms with Crippen LogP contribution in [0.25, 0.3) is 0 Å². The minimum atomic E-state index is -0.284. The Hall–Kier alpha value is -0.410. The first kappa shape index (κ1) is 11.1. The molecule has 0 radical (unpaired) electrons. The Balaban J connectivity index is 2.41. The lowest BCUT2D eigenvalue weighted by Gasteiger charge is -2.25. The Morgan fingerprint density at radius 2 is 2.27 bits per heavy atom. The molecule has 0 aromatic heterocycles. The van der Waals surface area contributed by atoms with Gasteiger partial charge in [-0.3, -0.25) is 0 Å². The molecule has 2 atom stereocenters. The van der Waals surface area contributed by atoms with Gasteiger partial charge in [-0.2, -0.15) is 0 Å². The topological polar surface area (TPSA) is 20.2 Å². The van der Waals surface area contributed by atoms with E-state index in [0.717, 1.165) is 12.8 Å². The zero-order chi connectivity index (χ0) is 11.1. The second-order valence-corrected chi connectivity index (χ2v) is 5.41. The number of aliphatic hydroxyl groups is 1. The van der Waals surface area contributed by atoms with Gasteiger partial charge in [0.2, 0.25) is 0 Å². The quantitative estimate of drug-likeness (QED) is 0.831. The largest absolute Gasteiger partial charge is 0.393 e. The lowest BCUT2D eigenvalue weighted by Crippen LogP contribution is -2.20. The number of halogens is 2. The van der Waals surface area contributed by atoms with Gasteiger partial charge in [0.1, 0.15) is 5.82 Å². The van der Waals surface area contributed by atoms with Crippen LogP contribution in [-0.4, -0.2) is 11.2 Å². The molecule has 1 nitrogen and oxygen atoms in total. The van der Waals surface area contributed by atoms with Gasteiger partial charge in [-0.25, -0.2) is 4.39 Å². The summed E-state index contributed by atoms with van der Waals surface area (Å²) in [6.45, 7) is 2.02. The molecule has 0 bridgehead atoms. The smallest absolute Gasteiger partial charge is 0.141 e. The lowest BCUT2D eigenvalue weighted by molar-refractivity contribution is 0.175. The lowest BCUT2D eigenvalue weighted by atomic mass is 9.80. The van der Waals surface area contributed by atoms with E-state index in [9.17, 15) is 9.50 Å². The number of aliphatic hydroxyl groups excluding tert-OH is 1. The zero-order valence-corrected chi connectivity index (χ0v) is 10.2. The van der Waals surface area contributed by atoms with E-state index in [1.54, 1.807) is 6.07 Å². The second-order valence-electron chi connectivity index (χ2n) is 4.56. The molecule has 0 heterocycles. The summed E-state index contributed by atoms with van der Waals surface area (Å²) in [5.74, 6) is -0.186. The van der Waals surface area contributed by atoms with E-state index in [1.165, 1.54) is 0 Å². The van der Waals surface area contributed by atoms with Gasteiger partial charge in [0, 0.05) is 0 Å². The first-order valence-corrected chi connectivity index (χ1v) is 5.95. The SMILES string of the molecule is CC1(c2cccc(Br)c2F)CCC(O)C1. The molecule has 1 aliphatic rings. The number of hydrogen-bond acceptors (Lipinski definition) is 1. The van der Waals surface area contributed by atoms with Crippen LogP contribution in [0.1, 0.15) is 31.7 Å². The monoisotopic (exact) mass is 272 g/mol. The minimum Gasteiger partial charge on any atom is -0.393 e. The fraction of sp³-hybridized carbons (Fsp3) is 0.500. The first-order valence-electron chi connectivity index (χ1n) is 5.15. The Labute approximate surface area is 97.4 Å². The van der Waals surface area contributed by atoms with Crippen molar-refractivity contribution in [1.82, 2.24) is 0 Å². The van der Waals surface area contributed by atoms with Crippen LogP contribution in [0.5, 0.6) is 0 Å². The third kappa shape index (κ3) is 1.95. The summed E-state index contributed by atoms with van der Waals surface area (Å²) in [6, 6.07) is 5.37. The van der Waals surface area contributed by atoms with Crippen LogP contribution in [0.15, 0.2) is 22.7 Å². The summed E-state index contributed by atoms with van der Waals surface area (Å²) in [7, 11) is 0. The molecule has 82 valence electrons. The van der Waals surface area contributed by atoms with Crippen LogP contribution in [0.2, 0.25) is 0 Å². The van der Waals surface area contributed by atoms with E-state index in [-0.39, 0.29) is 17.3 Å². The molecule has 2 rings (SSSR count). The molecule has 1 aromatic carbocycles. The highest BCUT2D eigenvalue weighted by atomic mass is 79.9. The minimum absolute atomic E-state index is 0.186.